The van der Waals surface area contributed by atoms with Gasteiger partial charge in [0, 0.05) is 6.92 Å². The minimum Gasteiger partial charge on any atom is -0.269 e. The van der Waals surface area contributed by atoms with Crippen LogP contribution in [-0.4, -0.2) is 12.6 Å². The van der Waals surface area contributed by atoms with Crippen molar-refractivity contribution in [3.05, 3.63) is 0 Å². The second kappa shape index (κ2) is 4.55. The molecule has 0 aromatic carbocycles. The van der Waals surface area contributed by atoms with Gasteiger partial charge in [0.05, 0.1) is 6.61 Å². The van der Waals surface area contributed by atoms with E-state index in [1.807, 2.05) is 0 Å². The van der Waals surface area contributed by atoms with Crippen molar-refractivity contribution in [1.82, 2.24) is 0 Å². The molecular formula is C4H8O4. The third-order valence-corrected chi connectivity index (χ3v) is 0.317. The van der Waals surface area contributed by atoms with Crippen molar-refractivity contribution < 1.29 is 19.6 Å². The predicted octanol–water partition coefficient (Wildman–Crippen LogP) is 0.433. The minimum absolute atomic E-state index is 0.354. The molecule has 0 atom stereocenters. The molecule has 0 saturated carbocycles. The van der Waals surface area contributed by atoms with Gasteiger partial charge in [0.25, 0.3) is 0 Å². The average Bonchev–Trinajstić information content (AvgIpc) is 1.66. The summed E-state index contributed by atoms with van der Waals surface area (Å²) in [5.41, 5.74) is 0. The summed E-state index contributed by atoms with van der Waals surface area (Å²) >= 11 is 0. The van der Waals surface area contributed by atoms with Gasteiger partial charge in [-0.15, -0.1) is 0 Å². The predicted molar refractivity (Wildman–Crippen MR) is 24.5 cm³/mol. The Balaban J connectivity index is 2.82. The number of hydrogen-bond acceptors (Lipinski definition) is 4. The van der Waals surface area contributed by atoms with E-state index in [1.165, 1.54) is 6.92 Å². The average molecular weight is 120 g/mol. The van der Waals surface area contributed by atoms with Crippen molar-refractivity contribution in [3.8, 4) is 0 Å². The van der Waals surface area contributed by atoms with Crippen LogP contribution in [0.5, 0.6) is 0 Å². The molecule has 0 unspecified atom stereocenters. The first-order chi connectivity index (χ1) is 3.77. The van der Waals surface area contributed by atoms with Crippen LogP contribution in [0.2, 0.25) is 0 Å². The smallest absolute Gasteiger partial charge is 0.269 e. The maximum atomic E-state index is 9.89. The minimum atomic E-state index is -0.529. The summed E-state index contributed by atoms with van der Waals surface area (Å²) in [7, 11) is 0. The van der Waals surface area contributed by atoms with Gasteiger partial charge in [-0.05, 0) is 12.0 Å². The lowest BCUT2D eigenvalue weighted by Crippen LogP contribution is -2.00. The molecular weight excluding hydrogens is 112 g/mol. The molecule has 48 valence electrons. The Morgan fingerprint density at radius 1 is 1.62 bits per heavy atom. The SMILES string of the molecule is CCOOOC(C)=O. The highest BCUT2D eigenvalue weighted by Crippen LogP contribution is 1.79. The van der Waals surface area contributed by atoms with Crippen molar-refractivity contribution in [2.24, 2.45) is 0 Å². The fraction of sp³-hybridized carbons (Fsp3) is 0.750. The van der Waals surface area contributed by atoms with Crippen molar-refractivity contribution in [3.63, 3.8) is 0 Å². The van der Waals surface area contributed by atoms with Crippen molar-refractivity contribution in [2.75, 3.05) is 6.61 Å². The number of rotatable bonds is 3. The zero-order valence-corrected chi connectivity index (χ0v) is 4.84. The first-order valence-electron chi connectivity index (χ1n) is 2.24. The van der Waals surface area contributed by atoms with E-state index in [0.717, 1.165) is 0 Å². The van der Waals surface area contributed by atoms with Gasteiger partial charge < -0.3 is 0 Å². The van der Waals surface area contributed by atoms with E-state index in [9.17, 15) is 4.79 Å². The zero-order valence-electron chi connectivity index (χ0n) is 4.84. The highest BCUT2D eigenvalue weighted by Gasteiger charge is 1.90. The van der Waals surface area contributed by atoms with E-state index in [-0.39, 0.29) is 0 Å². The van der Waals surface area contributed by atoms with Crippen LogP contribution >= 0.6 is 0 Å². The third-order valence-electron chi connectivity index (χ3n) is 0.317. The van der Waals surface area contributed by atoms with E-state index in [4.69, 9.17) is 0 Å². The first kappa shape index (κ1) is 7.39. The Morgan fingerprint density at radius 2 is 2.25 bits per heavy atom. The molecule has 0 saturated heterocycles. The molecule has 0 rings (SSSR count). The molecule has 0 aliphatic rings. The van der Waals surface area contributed by atoms with Gasteiger partial charge in [0.2, 0.25) is 0 Å². The van der Waals surface area contributed by atoms with Gasteiger partial charge >= 0.3 is 5.97 Å². The molecule has 8 heavy (non-hydrogen) atoms. The lowest BCUT2D eigenvalue weighted by atomic mass is 10.9. The highest BCUT2D eigenvalue weighted by molar-refractivity contribution is 5.65. The standard InChI is InChI=1S/C4H8O4/c1-3-6-8-7-4(2)5/h3H2,1-2H3. The van der Waals surface area contributed by atoms with E-state index in [0.29, 0.717) is 6.61 Å². The van der Waals surface area contributed by atoms with Gasteiger partial charge in [0.15, 0.2) is 0 Å². The normalized spacial score (nSPS) is 8.75. The van der Waals surface area contributed by atoms with Gasteiger partial charge in [0.1, 0.15) is 0 Å². The highest BCUT2D eigenvalue weighted by atomic mass is 17.5. The Labute approximate surface area is 47.2 Å². The lowest BCUT2D eigenvalue weighted by molar-refractivity contribution is -0.484. The molecule has 0 aliphatic carbocycles. The van der Waals surface area contributed by atoms with E-state index >= 15 is 0 Å². The monoisotopic (exact) mass is 120 g/mol. The quantitative estimate of drug-likeness (QED) is 0.308. The molecule has 0 heterocycles. The zero-order chi connectivity index (χ0) is 6.41. The summed E-state index contributed by atoms with van der Waals surface area (Å²) in [5.74, 6) is -0.529. The lowest BCUT2D eigenvalue weighted by Gasteiger charge is -1.94. The molecule has 0 aromatic heterocycles. The molecule has 0 N–H and O–H groups in total. The van der Waals surface area contributed by atoms with Crippen LogP contribution in [0.1, 0.15) is 13.8 Å². The maximum Gasteiger partial charge on any atom is 0.342 e. The van der Waals surface area contributed by atoms with Crippen molar-refractivity contribution >= 4 is 5.97 Å². The molecule has 0 spiro atoms. The van der Waals surface area contributed by atoms with Crippen molar-refractivity contribution in [1.29, 1.82) is 0 Å². The summed E-state index contributed by atoms with van der Waals surface area (Å²) in [6.07, 6.45) is 0. The van der Waals surface area contributed by atoms with Crippen molar-refractivity contribution in [2.45, 2.75) is 13.8 Å². The summed E-state index contributed by atoms with van der Waals surface area (Å²) in [5, 5.41) is 3.89. The molecule has 0 amide bonds. The molecule has 0 bridgehead atoms. The second-order valence-corrected chi connectivity index (χ2v) is 1.05. The van der Waals surface area contributed by atoms with Crippen LogP contribution in [0.15, 0.2) is 0 Å². The molecule has 0 radical (unpaired) electrons. The third kappa shape index (κ3) is 5.39. The van der Waals surface area contributed by atoms with E-state index in [1.54, 1.807) is 6.92 Å². The summed E-state index contributed by atoms with van der Waals surface area (Å²) < 4.78 is 0. The molecule has 4 nitrogen and oxygen atoms in total. The van der Waals surface area contributed by atoms with Gasteiger partial charge in [-0.3, -0.25) is 4.89 Å². The topological polar surface area (TPSA) is 44.8 Å². The van der Waals surface area contributed by atoms with Gasteiger partial charge in [-0.25, -0.2) is 4.79 Å². The summed E-state index contributed by atoms with van der Waals surface area (Å²) in [4.78, 5) is 18.0. The fourth-order valence-corrected chi connectivity index (χ4v) is 0.120. The first-order valence-corrected chi connectivity index (χ1v) is 2.24. The second-order valence-electron chi connectivity index (χ2n) is 1.05. The van der Waals surface area contributed by atoms with Crippen LogP contribution in [0.3, 0.4) is 0 Å². The van der Waals surface area contributed by atoms with Crippen LogP contribution in [-0.2, 0) is 19.6 Å². The molecule has 0 aromatic rings. The molecule has 0 fully saturated rings. The van der Waals surface area contributed by atoms with Crippen LogP contribution < -0.4 is 0 Å². The Kier molecular flexibility index (Phi) is 4.20. The fourth-order valence-electron chi connectivity index (χ4n) is 0.120. The largest absolute Gasteiger partial charge is 0.342 e. The molecule has 0 aliphatic heterocycles. The van der Waals surface area contributed by atoms with E-state index < -0.39 is 5.97 Å². The Bertz CT molecular complexity index is 70.4. The van der Waals surface area contributed by atoms with Crippen LogP contribution in [0, 0.1) is 0 Å². The van der Waals surface area contributed by atoms with Crippen LogP contribution in [0.25, 0.3) is 0 Å². The van der Waals surface area contributed by atoms with Crippen LogP contribution in [0.4, 0.5) is 0 Å². The Hall–Kier alpha value is -0.610. The molecule has 4 heteroatoms. The maximum absolute atomic E-state index is 9.89. The summed E-state index contributed by atoms with van der Waals surface area (Å²) in [6.45, 7) is 3.29. The number of carbonyl (C=O) groups is 1. The Morgan fingerprint density at radius 3 is 2.62 bits per heavy atom. The summed E-state index contributed by atoms with van der Waals surface area (Å²) in [6, 6.07) is 0. The number of hydrogen-bond donors (Lipinski definition) is 0. The number of carbonyl (C=O) groups excluding carboxylic acids is 1. The van der Waals surface area contributed by atoms with Gasteiger partial charge in [-0.2, -0.15) is 4.89 Å². The van der Waals surface area contributed by atoms with Gasteiger partial charge in [-0.1, -0.05) is 0 Å². The van der Waals surface area contributed by atoms with E-state index in [2.05, 4.69) is 14.8 Å².